The molecule has 9 nitrogen and oxygen atoms in total. The van der Waals surface area contributed by atoms with Crippen molar-refractivity contribution in [1.29, 1.82) is 0 Å². The van der Waals surface area contributed by atoms with Crippen LogP contribution in [0.15, 0.2) is 30.3 Å². The normalized spacial score (nSPS) is 16.0. The highest BCUT2D eigenvalue weighted by atomic mass is 19.4. The molecule has 0 bridgehead atoms. The number of nitrogens with zero attached hydrogens (tertiary/aromatic N) is 4. The number of benzene rings is 1. The number of para-hydroxylation sites is 1. The standard InChI is InChI=1S/C20H25N5O2.C2HF3O2/c1-15-17-7-9-25(20(26)22-16-5-3-2-4-6-16)10-8-18(17)23-19(21-15)24-11-13-27-14-12-24;3-2(4,5)1(6)7/h2-6H,7-14H2,1H3,(H,22,26);(H,6,7). The van der Waals surface area contributed by atoms with E-state index < -0.39 is 12.1 Å². The Balaban J connectivity index is 0.000000406. The highest BCUT2D eigenvalue weighted by Gasteiger charge is 2.38. The molecule has 3 heterocycles. The number of hydrogen-bond acceptors (Lipinski definition) is 6. The number of alkyl halides is 3. The molecule has 12 heteroatoms. The summed E-state index contributed by atoms with van der Waals surface area (Å²) >= 11 is 0. The molecule has 0 saturated carbocycles. The number of rotatable bonds is 2. The highest BCUT2D eigenvalue weighted by Crippen LogP contribution is 2.21. The van der Waals surface area contributed by atoms with E-state index >= 15 is 0 Å². The first kappa shape index (κ1) is 25.2. The third kappa shape index (κ3) is 6.80. The fourth-order valence-corrected chi connectivity index (χ4v) is 3.60. The van der Waals surface area contributed by atoms with Gasteiger partial charge in [0.2, 0.25) is 5.95 Å². The van der Waals surface area contributed by atoms with Crippen molar-refractivity contribution in [2.24, 2.45) is 0 Å². The Bertz CT molecular complexity index is 998. The third-order valence-corrected chi connectivity index (χ3v) is 5.39. The third-order valence-electron chi connectivity index (χ3n) is 5.39. The van der Waals surface area contributed by atoms with Crippen LogP contribution in [0.2, 0.25) is 0 Å². The Hall–Kier alpha value is -3.41. The Morgan fingerprint density at radius 3 is 2.26 bits per heavy atom. The molecule has 2 amide bonds. The number of aromatic nitrogens is 2. The number of nitrogens with one attached hydrogen (secondary N) is 1. The molecule has 2 aliphatic heterocycles. The van der Waals surface area contributed by atoms with Crippen LogP contribution in [-0.2, 0) is 22.4 Å². The van der Waals surface area contributed by atoms with E-state index in [0.717, 1.165) is 49.0 Å². The minimum atomic E-state index is -5.08. The molecule has 0 radical (unpaired) electrons. The van der Waals surface area contributed by atoms with Gasteiger partial charge in [-0.25, -0.2) is 19.6 Å². The summed E-state index contributed by atoms with van der Waals surface area (Å²) in [7, 11) is 0. The Labute approximate surface area is 194 Å². The summed E-state index contributed by atoms with van der Waals surface area (Å²) in [4.78, 5) is 35.1. The van der Waals surface area contributed by atoms with Gasteiger partial charge in [-0.15, -0.1) is 0 Å². The van der Waals surface area contributed by atoms with Crippen molar-refractivity contribution < 1.29 is 32.6 Å². The smallest absolute Gasteiger partial charge is 0.475 e. The first-order valence-corrected chi connectivity index (χ1v) is 10.8. The molecule has 1 fully saturated rings. The Morgan fingerprint density at radius 2 is 1.65 bits per heavy atom. The van der Waals surface area contributed by atoms with Crippen LogP contribution in [-0.4, -0.2) is 77.5 Å². The van der Waals surface area contributed by atoms with Gasteiger partial charge in [-0.05, 0) is 31.0 Å². The molecule has 1 saturated heterocycles. The lowest BCUT2D eigenvalue weighted by Gasteiger charge is -2.27. The van der Waals surface area contributed by atoms with Crippen LogP contribution in [0.5, 0.6) is 0 Å². The summed E-state index contributed by atoms with van der Waals surface area (Å²) in [5.41, 5.74) is 4.09. The van der Waals surface area contributed by atoms with Crippen molar-refractivity contribution in [2.75, 3.05) is 49.6 Å². The predicted octanol–water partition coefficient (Wildman–Crippen LogP) is 2.89. The number of fused-ring (bicyclic) bond motifs is 1. The molecule has 184 valence electrons. The maximum Gasteiger partial charge on any atom is 0.490 e. The number of aryl methyl sites for hydroxylation is 1. The van der Waals surface area contributed by atoms with E-state index in [-0.39, 0.29) is 6.03 Å². The van der Waals surface area contributed by atoms with Gasteiger partial charge < -0.3 is 25.0 Å². The number of ether oxygens (including phenoxy) is 1. The molecule has 2 aliphatic rings. The molecule has 0 spiro atoms. The molecule has 2 aromatic rings. The number of aliphatic carboxylic acids is 1. The predicted molar refractivity (Wildman–Crippen MR) is 118 cm³/mol. The van der Waals surface area contributed by atoms with Crippen LogP contribution in [0.4, 0.5) is 29.6 Å². The van der Waals surface area contributed by atoms with Crippen molar-refractivity contribution in [1.82, 2.24) is 14.9 Å². The largest absolute Gasteiger partial charge is 0.490 e. The van der Waals surface area contributed by atoms with Gasteiger partial charge in [-0.2, -0.15) is 13.2 Å². The number of amides is 2. The van der Waals surface area contributed by atoms with Crippen molar-refractivity contribution in [2.45, 2.75) is 25.9 Å². The number of carboxylic acid groups (broad SMARTS) is 1. The molecule has 0 unspecified atom stereocenters. The second-order valence-electron chi connectivity index (χ2n) is 7.72. The molecular weight excluding hydrogens is 455 g/mol. The van der Waals surface area contributed by atoms with Crippen LogP contribution in [0.25, 0.3) is 0 Å². The van der Waals surface area contributed by atoms with Crippen LogP contribution >= 0.6 is 0 Å². The van der Waals surface area contributed by atoms with E-state index in [4.69, 9.17) is 24.6 Å². The van der Waals surface area contributed by atoms with Crippen LogP contribution in [0.1, 0.15) is 17.0 Å². The minimum Gasteiger partial charge on any atom is -0.475 e. The van der Waals surface area contributed by atoms with Crippen LogP contribution < -0.4 is 10.2 Å². The zero-order valence-corrected chi connectivity index (χ0v) is 18.6. The lowest BCUT2D eigenvalue weighted by Crippen LogP contribution is -2.37. The van der Waals surface area contributed by atoms with Gasteiger partial charge in [-0.1, -0.05) is 18.2 Å². The molecule has 1 aromatic carbocycles. The van der Waals surface area contributed by atoms with E-state index in [2.05, 4.69) is 10.2 Å². The second-order valence-corrected chi connectivity index (χ2v) is 7.72. The van der Waals surface area contributed by atoms with Gasteiger partial charge in [0.05, 0.1) is 18.9 Å². The highest BCUT2D eigenvalue weighted by molar-refractivity contribution is 5.89. The average Bonchev–Trinajstić information content (AvgIpc) is 3.03. The van der Waals surface area contributed by atoms with E-state index in [9.17, 15) is 18.0 Å². The summed E-state index contributed by atoms with van der Waals surface area (Å²) in [6.07, 6.45) is -3.55. The lowest BCUT2D eigenvalue weighted by molar-refractivity contribution is -0.192. The van der Waals surface area contributed by atoms with Gasteiger partial charge >= 0.3 is 18.2 Å². The molecule has 2 N–H and O–H groups in total. The maximum atomic E-state index is 12.6. The topological polar surface area (TPSA) is 108 Å². The zero-order valence-electron chi connectivity index (χ0n) is 18.6. The number of carbonyl (C=O) groups is 2. The van der Waals surface area contributed by atoms with Crippen molar-refractivity contribution in [3.63, 3.8) is 0 Å². The summed E-state index contributed by atoms with van der Waals surface area (Å²) in [5, 5.41) is 10.1. The quantitative estimate of drug-likeness (QED) is 0.679. The van der Waals surface area contributed by atoms with Crippen LogP contribution in [0, 0.1) is 6.92 Å². The van der Waals surface area contributed by atoms with Crippen molar-refractivity contribution in [3.8, 4) is 0 Å². The molecule has 34 heavy (non-hydrogen) atoms. The van der Waals surface area contributed by atoms with Gasteiger partial charge in [0.15, 0.2) is 0 Å². The van der Waals surface area contributed by atoms with Gasteiger partial charge in [-0.3, -0.25) is 0 Å². The summed E-state index contributed by atoms with van der Waals surface area (Å²) < 4.78 is 37.2. The lowest BCUT2D eigenvalue weighted by atomic mass is 10.1. The number of urea groups is 1. The zero-order chi connectivity index (χ0) is 24.7. The number of morpholine rings is 1. The molecule has 4 rings (SSSR count). The monoisotopic (exact) mass is 481 g/mol. The van der Waals surface area contributed by atoms with Crippen LogP contribution in [0.3, 0.4) is 0 Å². The fourth-order valence-electron chi connectivity index (χ4n) is 3.60. The summed E-state index contributed by atoms with van der Waals surface area (Å²) in [5.74, 6) is -1.97. The first-order chi connectivity index (χ1) is 16.1. The fraction of sp³-hybridized carbons (Fsp3) is 0.455. The Kier molecular flexibility index (Phi) is 8.26. The second kappa shape index (κ2) is 11.1. The first-order valence-electron chi connectivity index (χ1n) is 10.8. The Morgan fingerprint density at radius 1 is 1.03 bits per heavy atom. The van der Waals surface area contributed by atoms with Crippen molar-refractivity contribution in [3.05, 3.63) is 47.3 Å². The SMILES string of the molecule is Cc1nc(N2CCOCC2)nc2c1CCN(C(=O)Nc1ccccc1)CC2.O=C(O)C(F)(F)F. The maximum absolute atomic E-state index is 12.6. The molecule has 0 atom stereocenters. The van der Waals surface area contributed by atoms with E-state index in [1.165, 1.54) is 5.56 Å². The average molecular weight is 481 g/mol. The van der Waals surface area contributed by atoms with Gasteiger partial charge in [0.1, 0.15) is 0 Å². The van der Waals surface area contributed by atoms with Crippen molar-refractivity contribution >= 4 is 23.6 Å². The van der Waals surface area contributed by atoms with E-state index in [1.54, 1.807) is 0 Å². The molecular formula is C22H26F3N5O4. The number of hydrogen-bond donors (Lipinski definition) is 2. The minimum absolute atomic E-state index is 0.0620. The number of carboxylic acids is 1. The molecule has 1 aromatic heterocycles. The number of halogens is 3. The van der Waals surface area contributed by atoms with Gasteiger partial charge in [0, 0.05) is 44.0 Å². The van der Waals surface area contributed by atoms with E-state index in [1.807, 2.05) is 42.2 Å². The molecule has 0 aliphatic carbocycles. The van der Waals surface area contributed by atoms with Gasteiger partial charge in [0.25, 0.3) is 0 Å². The summed E-state index contributed by atoms with van der Waals surface area (Å²) in [6.45, 7) is 6.45. The summed E-state index contributed by atoms with van der Waals surface area (Å²) in [6, 6.07) is 9.50. The number of carbonyl (C=O) groups excluding carboxylic acids is 1. The number of anilines is 2. The van der Waals surface area contributed by atoms with E-state index in [0.29, 0.717) is 26.3 Å².